The molecule has 0 bridgehead atoms. The van der Waals surface area contributed by atoms with Gasteiger partial charge in [-0.1, -0.05) is 30.3 Å². The Hall–Kier alpha value is -3.16. The molecule has 3 aromatic heterocycles. The number of carbonyl (C=O) groups excluding carboxylic acids is 1. The Morgan fingerprint density at radius 1 is 1.23 bits per heavy atom. The molecule has 1 aliphatic rings. The number of hydrogen-bond acceptors (Lipinski definition) is 6. The van der Waals surface area contributed by atoms with Crippen LogP contribution in [0, 0.1) is 6.92 Å². The average molecular weight is 420 g/mol. The van der Waals surface area contributed by atoms with Crippen molar-refractivity contribution in [3.05, 3.63) is 82.3 Å². The van der Waals surface area contributed by atoms with Gasteiger partial charge in [0.2, 0.25) is 0 Å². The highest BCUT2D eigenvalue weighted by atomic mass is 32.1. The molecule has 5 rings (SSSR count). The van der Waals surface area contributed by atoms with Crippen LogP contribution >= 0.6 is 11.3 Å². The van der Waals surface area contributed by atoms with Crippen molar-refractivity contribution < 1.29 is 13.9 Å². The van der Waals surface area contributed by atoms with Crippen LogP contribution in [-0.2, 0) is 17.9 Å². The van der Waals surface area contributed by atoms with Crippen LogP contribution in [-0.4, -0.2) is 22.9 Å². The Morgan fingerprint density at radius 2 is 2.07 bits per heavy atom. The fourth-order valence-electron chi connectivity index (χ4n) is 3.96. The molecule has 0 fully saturated rings. The van der Waals surface area contributed by atoms with E-state index < -0.39 is 0 Å². The molecule has 1 amide bonds. The summed E-state index contributed by atoms with van der Waals surface area (Å²) in [5.41, 5.74) is 3.79. The number of rotatable bonds is 5. The van der Waals surface area contributed by atoms with E-state index in [0.717, 1.165) is 38.5 Å². The largest absolute Gasteiger partial charge is 0.467 e. The number of aromatic nitrogens is 1. The molecule has 0 radical (unpaired) electrons. The highest BCUT2D eigenvalue weighted by molar-refractivity contribution is 7.21. The van der Waals surface area contributed by atoms with E-state index in [4.69, 9.17) is 14.1 Å². The Kier molecular flexibility index (Phi) is 4.77. The normalized spacial score (nSPS) is 16.0. The molecule has 0 aliphatic carbocycles. The Balaban J connectivity index is 1.67. The summed E-state index contributed by atoms with van der Waals surface area (Å²) in [7, 11) is 1.68. The summed E-state index contributed by atoms with van der Waals surface area (Å²) in [6, 6.07) is 15.7. The van der Waals surface area contributed by atoms with Crippen molar-refractivity contribution >= 4 is 33.1 Å². The maximum Gasteiger partial charge on any atom is 0.268 e. The molecule has 4 heterocycles. The number of aryl methyl sites for hydroxylation is 1. The lowest BCUT2D eigenvalue weighted by Gasteiger charge is -2.36. The van der Waals surface area contributed by atoms with Gasteiger partial charge in [0.15, 0.2) is 0 Å². The van der Waals surface area contributed by atoms with Gasteiger partial charge >= 0.3 is 0 Å². The zero-order chi connectivity index (χ0) is 20.7. The van der Waals surface area contributed by atoms with Crippen molar-refractivity contribution in [2.75, 3.05) is 12.4 Å². The molecule has 1 aromatic carbocycles. The minimum absolute atomic E-state index is 0.0296. The first-order valence-electron chi connectivity index (χ1n) is 9.72. The summed E-state index contributed by atoms with van der Waals surface area (Å²) in [5, 5.41) is 4.59. The first kappa shape index (κ1) is 18.8. The number of hydrogen-bond donors (Lipinski definition) is 1. The first-order chi connectivity index (χ1) is 14.7. The number of anilines is 1. The second kappa shape index (κ2) is 7.59. The van der Waals surface area contributed by atoms with E-state index in [1.165, 1.54) is 11.3 Å². The van der Waals surface area contributed by atoms with Crippen LogP contribution in [0.4, 0.5) is 5.69 Å². The highest BCUT2D eigenvalue weighted by Crippen LogP contribution is 2.44. The number of amides is 1. The van der Waals surface area contributed by atoms with Crippen molar-refractivity contribution in [2.45, 2.75) is 26.2 Å². The van der Waals surface area contributed by atoms with Gasteiger partial charge in [0.1, 0.15) is 21.6 Å². The SMILES string of the molecule is COCc1cc(C)nc2sc3c(c12)N[C@@H](c1ccccc1)N(Cc1ccco1)C3=O. The molecule has 0 saturated carbocycles. The number of benzene rings is 1. The van der Waals surface area contributed by atoms with E-state index in [1.807, 2.05) is 60.4 Å². The number of methoxy groups -OCH3 is 1. The van der Waals surface area contributed by atoms with Crippen LogP contribution in [0.25, 0.3) is 10.2 Å². The van der Waals surface area contributed by atoms with Crippen LogP contribution in [0.2, 0.25) is 0 Å². The monoisotopic (exact) mass is 419 g/mol. The lowest BCUT2D eigenvalue weighted by atomic mass is 10.0. The van der Waals surface area contributed by atoms with Gasteiger partial charge in [-0.15, -0.1) is 11.3 Å². The Morgan fingerprint density at radius 3 is 2.80 bits per heavy atom. The minimum atomic E-state index is -0.314. The number of thiophene rings is 1. The molecule has 0 unspecified atom stereocenters. The van der Waals surface area contributed by atoms with E-state index in [-0.39, 0.29) is 12.1 Å². The number of nitrogens with zero attached hydrogens (tertiary/aromatic N) is 2. The van der Waals surface area contributed by atoms with Crippen LogP contribution in [0.3, 0.4) is 0 Å². The second-order valence-electron chi connectivity index (χ2n) is 7.31. The summed E-state index contributed by atoms with van der Waals surface area (Å²) in [5.74, 6) is 0.711. The number of ether oxygens (including phenoxy) is 1. The molecule has 0 spiro atoms. The molecule has 4 aromatic rings. The highest BCUT2D eigenvalue weighted by Gasteiger charge is 2.37. The van der Waals surface area contributed by atoms with Gasteiger partial charge in [0.25, 0.3) is 5.91 Å². The van der Waals surface area contributed by atoms with Crippen LogP contribution < -0.4 is 5.32 Å². The van der Waals surface area contributed by atoms with Gasteiger partial charge in [0, 0.05) is 18.2 Å². The maximum atomic E-state index is 13.6. The van der Waals surface area contributed by atoms with E-state index in [1.54, 1.807) is 13.4 Å². The van der Waals surface area contributed by atoms with Crippen LogP contribution in [0.1, 0.15) is 38.4 Å². The van der Waals surface area contributed by atoms with Gasteiger partial charge in [-0.05, 0) is 36.2 Å². The Labute approximate surface area is 178 Å². The quantitative estimate of drug-likeness (QED) is 0.487. The van der Waals surface area contributed by atoms with Gasteiger partial charge in [-0.3, -0.25) is 4.79 Å². The molecule has 1 atom stereocenters. The zero-order valence-corrected chi connectivity index (χ0v) is 17.5. The molecular formula is C23H21N3O3S. The standard InChI is InChI=1S/C23H21N3O3S/c1-14-11-16(13-28-2)18-19-20(30-22(18)24-14)23(27)26(12-17-9-6-10-29-17)21(25-19)15-7-4-3-5-8-15/h3-11,21,25H,12-13H2,1-2H3/t21-/m1/s1. The fourth-order valence-corrected chi connectivity index (χ4v) is 5.15. The fraction of sp³-hybridized carbons (Fsp3) is 0.217. The van der Waals surface area contributed by atoms with Crippen molar-refractivity contribution in [2.24, 2.45) is 0 Å². The third-order valence-electron chi connectivity index (χ3n) is 5.24. The molecule has 6 nitrogen and oxygen atoms in total. The van der Waals surface area contributed by atoms with E-state index in [9.17, 15) is 4.79 Å². The van der Waals surface area contributed by atoms with Crippen molar-refractivity contribution in [3.8, 4) is 0 Å². The zero-order valence-electron chi connectivity index (χ0n) is 16.7. The lowest BCUT2D eigenvalue weighted by Crippen LogP contribution is -2.41. The molecule has 152 valence electrons. The van der Waals surface area contributed by atoms with Crippen LogP contribution in [0.15, 0.2) is 59.2 Å². The molecule has 7 heteroatoms. The Bertz CT molecular complexity index is 1200. The molecule has 1 aliphatic heterocycles. The summed E-state index contributed by atoms with van der Waals surface area (Å²) in [6.07, 6.45) is 1.31. The molecular weight excluding hydrogens is 398 g/mol. The van der Waals surface area contributed by atoms with Gasteiger partial charge in [0.05, 0.1) is 25.1 Å². The molecule has 0 saturated heterocycles. The second-order valence-corrected chi connectivity index (χ2v) is 8.31. The lowest BCUT2D eigenvalue weighted by molar-refractivity contribution is 0.0657. The van der Waals surface area contributed by atoms with Gasteiger partial charge in [-0.2, -0.15) is 0 Å². The van der Waals surface area contributed by atoms with E-state index in [0.29, 0.717) is 18.0 Å². The maximum absolute atomic E-state index is 13.6. The average Bonchev–Trinajstić information content (AvgIpc) is 3.38. The van der Waals surface area contributed by atoms with E-state index in [2.05, 4.69) is 5.32 Å². The third-order valence-corrected chi connectivity index (χ3v) is 6.31. The summed E-state index contributed by atoms with van der Waals surface area (Å²) in [4.78, 5) is 21.7. The van der Waals surface area contributed by atoms with Gasteiger partial charge < -0.3 is 19.4 Å². The van der Waals surface area contributed by atoms with Crippen molar-refractivity contribution in [3.63, 3.8) is 0 Å². The molecule has 30 heavy (non-hydrogen) atoms. The predicted octanol–water partition coefficient (Wildman–Crippen LogP) is 5.11. The van der Waals surface area contributed by atoms with E-state index >= 15 is 0 Å². The van der Waals surface area contributed by atoms with Gasteiger partial charge in [-0.25, -0.2) is 4.98 Å². The predicted molar refractivity (Wildman–Crippen MR) is 116 cm³/mol. The number of carbonyl (C=O) groups is 1. The smallest absolute Gasteiger partial charge is 0.268 e. The summed E-state index contributed by atoms with van der Waals surface area (Å²) < 4.78 is 11.0. The number of pyridine rings is 1. The number of furan rings is 1. The number of nitrogens with one attached hydrogen (secondary N) is 1. The topological polar surface area (TPSA) is 67.6 Å². The van der Waals surface area contributed by atoms with Crippen molar-refractivity contribution in [1.29, 1.82) is 0 Å². The summed E-state index contributed by atoms with van der Waals surface area (Å²) in [6.45, 7) is 2.80. The minimum Gasteiger partial charge on any atom is -0.467 e. The summed E-state index contributed by atoms with van der Waals surface area (Å²) >= 11 is 1.42. The molecule has 1 N–H and O–H groups in total. The third kappa shape index (κ3) is 3.16. The first-order valence-corrected chi connectivity index (χ1v) is 10.5. The van der Waals surface area contributed by atoms with Crippen LogP contribution in [0.5, 0.6) is 0 Å². The van der Waals surface area contributed by atoms with Crippen molar-refractivity contribution in [1.82, 2.24) is 9.88 Å². The number of fused-ring (bicyclic) bond motifs is 3.